The standard InChI is InChI=1S/C23H25N3O6S/c1-2-15-11-19-20(32-14-31-19)12-17(15)21-22(28)18(27)13-23(21,9-6-10-25-26-24)33(29,30)16-7-4-3-5-8-16/h2-5,7-8,11-12,18,21-22,27-28H,1,6,9-10,13-14H2/t18-,21+,22-,23-/m0/s1. The highest BCUT2D eigenvalue weighted by Crippen LogP contribution is 2.54. The molecule has 2 aromatic carbocycles. The van der Waals surface area contributed by atoms with E-state index in [2.05, 4.69) is 16.6 Å². The zero-order chi connectivity index (χ0) is 23.6. The minimum absolute atomic E-state index is 0.0326. The van der Waals surface area contributed by atoms with Crippen LogP contribution in [0.2, 0.25) is 0 Å². The Bertz CT molecular complexity index is 1200. The summed E-state index contributed by atoms with van der Waals surface area (Å²) in [6.45, 7) is 3.97. The van der Waals surface area contributed by atoms with Crippen molar-refractivity contribution < 1.29 is 28.1 Å². The maximum atomic E-state index is 14.1. The summed E-state index contributed by atoms with van der Waals surface area (Å²) in [7, 11) is -4.05. The molecular formula is C23H25N3O6S. The Morgan fingerprint density at radius 3 is 2.58 bits per heavy atom. The zero-order valence-electron chi connectivity index (χ0n) is 17.9. The third-order valence-corrected chi connectivity index (χ3v) is 9.09. The first kappa shape index (κ1) is 23.1. The van der Waals surface area contributed by atoms with E-state index in [-0.39, 0.29) is 37.5 Å². The third-order valence-electron chi connectivity index (χ3n) is 6.50. The first-order chi connectivity index (χ1) is 15.9. The average molecular weight is 472 g/mol. The van der Waals surface area contributed by atoms with E-state index in [1.807, 2.05) is 0 Å². The van der Waals surface area contributed by atoms with Gasteiger partial charge in [0, 0.05) is 17.4 Å². The number of rotatable bonds is 8. The summed E-state index contributed by atoms with van der Waals surface area (Å²) >= 11 is 0. The third kappa shape index (κ3) is 3.85. The van der Waals surface area contributed by atoms with Gasteiger partial charge in [-0.1, -0.05) is 36.0 Å². The quantitative estimate of drug-likeness (QED) is 0.261. The van der Waals surface area contributed by atoms with Crippen molar-refractivity contribution in [1.29, 1.82) is 0 Å². The summed E-state index contributed by atoms with van der Waals surface area (Å²) in [4.78, 5) is 2.85. The molecule has 1 fully saturated rings. The minimum Gasteiger partial charge on any atom is -0.454 e. The molecule has 174 valence electrons. The molecule has 4 rings (SSSR count). The van der Waals surface area contributed by atoms with Gasteiger partial charge in [-0.15, -0.1) is 0 Å². The summed E-state index contributed by atoms with van der Waals surface area (Å²) in [5, 5.41) is 25.4. The molecule has 9 nitrogen and oxygen atoms in total. The van der Waals surface area contributed by atoms with Crippen molar-refractivity contribution in [3.63, 3.8) is 0 Å². The van der Waals surface area contributed by atoms with E-state index in [1.54, 1.807) is 36.4 Å². The molecule has 10 heteroatoms. The second-order valence-corrected chi connectivity index (χ2v) is 10.5. The molecular weight excluding hydrogens is 446 g/mol. The number of fused-ring (bicyclic) bond motifs is 1. The lowest BCUT2D eigenvalue weighted by molar-refractivity contribution is 0.0350. The van der Waals surface area contributed by atoms with Crippen molar-refractivity contribution in [2.24, 2.45) is 5.11 Å². The Hall–Kier alpha value is -3.04. The predicted octanol–water partition coefficient (Wildman–Crippen LogP) is 3.57. The topological polar surface area (TPSA) is 142 Å². The minimum atomic E-state index is -4.05. The Balaban J connectivity index is 1.93. The Labute approximate surface area is 191 Å². The fraction of sp³-hybridized carbons (Fsp3) is 0.391. The van der Waals surface area contributed by atoms with E-state index >= 15 is 0 Å². The molecule has 1 aliphatic carbocycles. The number of ether oxygens (including phenoxy) is 2. The number of sulfone groups is 1. The lowest BCUT2D eigenvalue weighted by Crippen LogP contribution is -2.43. The summed E-state index contributed by atoms with van der Waals surface area (Å²) in [6.07, 6.45) is -0.878. The summed E-state index contributed by atoms with van der Waals surface area (Å²) < 4.78 is 37.6. The second-order valence-electron chi connectivity index (χ2n) is 8.22. The Kier molecular flexibility index (Phi) is 6.36. The maximum Gasteiger partial charge on any atom is 0.231 e. The molecule has 0 radical (unpaired) electrons. The van der Waals surface area contributed by atoms with Crippen molar-refractivity contribution >= 4 is 15.9 Å². The number of aliphatic hydroxyl groups is 2. The highest BCUT2D eigenvalue weighted by molar-refractivity contribution is 7.93. The lowest BCUT2D eigenvalue weighted by atomic mass is 9.81. The van der Waals surface area contributed by atoms with Gasteiger partial charge in [0.2, 0.25) is 6.79 Å². The Morgan fingerprint density at radius 2 is 1.91 bits per heavy atom. The van der Waals surface area contributed by atoms with Gasteiger partial charge in [0.15, 0.2) is 21.3 Å². The van der Waals surface area contributed by atoms with Crippen molar-refractivity contribution in [3.8, 4) is 11.5 Å². The normalized spacial score (nSPS) is 26.1. The molecule has 1 saturated carbocycles. The van der Waals surface area contributed by atoms with Crippen molar-refractivity contribution in [2.75, 3.05) is 13.3 Å². The van der Waals surface area contributed by atoms with Crippen LogP contribution in [0.5, 0.6) is 11.5 Å². The zero-order valence-corrected chi connectivity index (χ0v) is 18.7. The van der Waals surface area contributed by atoms with Crippen molar-refractivity contribution in [1.82, 2.24) is 0 Å². The van der Waals surface area contributed by atoms with Gasteiger partial charge in [-0.3, -0.25) is 0 Å². The second kappa shape index (κ2) is 9.07. The smallest absolute Gasteiger partial charge is 0.231 e. The van der Waals surface area contributed by atoms with Crippen molar-refractivity contribution in [2.45, 2.75) is 47.0 Å². The van der Waals surface area contributed by atoms with Gasteiger partial charge >= 0.3 is 0 Å². The van der Waals surface area contributed by atoms with E-state index in [4.69, 9.17) is 15.0 Å². The highest BCUT2D eigenvalue weighted by atomic mass is 32.2. The summed E-state index contributed by atoms with van der Waals surface area (Å²) in [6, 6.07) is 11.4. The molecule has 2 aliphatic rings. The number of nitrogens with zero attached hydrogens (tertiary/aromatic N) is 3. The highest BCUT2D eigenvalue weighted by Gasteiger charge is 2.61. The van der Waals surface area contributed by atoms with E-state index in [9.17, 15) is 18.6 Å². The van der Waals surface area contributed by atoms with Crippen LogP contribution in [0.1, 0.15) is 36.3 Å². The van der Waals surface area contributed by atoms with E-state index < -0.39 is 32.7 Å². The van der Waals surface area contributed by atoms with Crippen LogP contribution in [0.25, 0.3) is 16.5 Å². The first-order valence-corrected chi connectivity index (χ1v) is 12.1. The van der Waals surface area contributed by atoms with Crippen LogP contribution in [0.4, 0.5) is 0 Å². The molecule has 1 heterocycles. The van der Waals surface area contributed by atoms with E-state index in [0.717, 1.165) is 0 Å². The van der Waals surface area contributed by atoms with E-state index in [1.165, 1.54) is 12.1 Å². The van der Waals surface area contributed by atoms with Crippen LogP contribution in [0.15, 0.2) is 59.1 Å². The predicted molar refractivity (Wildman–Crippen MR) is 122 cm³/mol. The summed E-state index contributed by atoms with van der Waals surface area (Å²) in [5.74, 6) is -0.0443. The average Bonchev–Trinajstić information content (AvgIpc) is 3.38. The summed E-state index contributed by atoms with van der Waals surface area (Å²) in [5.41, 5.74) is 9.74. The molecule has 4 atom stereocenters. The van der Waals surface area contributed by atoms with Gasteiger partial charge in [0.25, 0.3) is 0 Å². The SMILES string of the molecule is C=Cc1cc2c(cc1[C@@H]1[C@@H](O)[C@@H](O)C[C@]1(CCCN=[N+]=[N-])S(=O)(=O)c1ccccc1)OCO2. The molecule has 1 aliphatic heterocycles. The van der Waals surface area contributed by atoms with Gasteiger partial charge in [0.05, 0.1) is 21.9 Å². The van der Waals surface area contributed by atoms with Crippen LogP contribution in [-0.2, 0) is 9.84 Å². The number of azide groups is 1. The van der Waals surface area contributed by atoms with Crippen LogP contribution < -0.4 is 9.47 Å². The van der Waals surface area contributed by atoms with Crippen LogP contribution in [0.3, 0.4) is 0 Å². The molecule has 0 saturated heterocycles. The molecule has 2 N–H and O–H groups in total. The monoisotopic (exact) mass is 471 g/mol. The van der Waals surface area contributed by atoms with Crippen LogP contribution in [-0.4, -0.2) is 48.9 Å². The molecule has 0 spiro atoms. The molecule has 0 aromatic heterocycles. The van der Waals surface area contributed by atoms with Crippen LogP contribution in [0, 0.1) is 0 Å². The first-order valence-electron chi connectivity index (χ1n) is 10.6. The lowest BCUT2D eigenvalue weighted by Gasteiger charge is -2.37. The number of aliphatic hydroxyl groups excluding tert-OH is 2. The van der Waals surface area contributed by atoms with Gasteiger partial charge in [-0.05, 0) is 60.2 Å². The van der Waals surface area contributed by atoms with Gasteiger partial charge < -0.3 is 19.7 Å². The number of hydrogen-bond donors (Lipinski definition) is 2. The molecule has 2 aromatic rings. The molecule has 0 bridgehead atoms. The van der Waals surface area contributed by atoms with Crippen molar-refractivity contribution in [3.05, 3.63) is 70.6 Å². The molecule has 0 unspecified atom stereocenters. The maximum absolute atomic E-state index is 14.1. The van der Waals surface area contributed by atoms with Crippen LogP contribution >= 0.6 is 0 Å². The number of benzene rings is 2. The Morgan fingerprint density at radius 1 is 1.21 bits per heavy atom. The fourth-order valence-electron chi connectivity index (χ4n) is 5.02. The number of hydrogen-bond acceptors (Lipinski definition) is 7. The largest absolute Gasteiger partial charge is 0.454 e. The fourth-order valence-corrected chi connectivity index (χ4v) is 7.41. The van der Waals surface area contributed by atoms with E-state index in [0.29, 0.717) is 22.6 Å². The van der Waals surface area contributed by atoms with Gasteiger partial charge in [-0.2, -0.15) is 0 Å². The molecule has 0 amide bonds. The van der Waals surface area contributed by atoms with Gasteiger partial charge in [-0.25, -0.2) is 8.42 Å². The van der Waals surface area contributed by atoms with Gasteiger partial charge in [0.1, 0.15) is 0 Å². The molecule has 33 heavy (non-hydrogen) atoms.